The lowest BCUT2D eigenvalue weighted by Gasteiger charge is -2.19. The fraction of sp³-hybridized carbons (Fsp3) is 0.538. The average molecular weight is 265 g/mol. The highest BCUT2D eigenvalue weighted by atomic mass is 16.6. The Labute approximate surface area is 112 Å². The lowest BCUT2D eigenvalue weighted by Crippen LogP contribution is -2.31. The molecule has 1 N–H and O–H groups in total. The van der Waals surface area contributed by atoms with Crippen LogP contribution in [0.3, 0.4) is 0 Å². The highest BCUT2D eigenvalue weighted by Crippen LogP contribution is 2.15. The maximum Gasteiger partial charge on any atom is 0.269 e. The van der Waals surface area contributed by atoms with Gasteiger partial charge in [-0.05, 0) is 18.6 Å². The number of rotatable bonds is 5. The van der Waals surface area contributed by atoms with Crippen LogP contribution >= 0.6 is 0 Å². The number of non-ortho nitro benzene ring substituents is 1. The first kappa shape index (κ1) is 13.8. The Morgan fingerprint density at radius 1 is 1.26 bits per heavy atom. The van der Waals surface area contributed by atoms with Gasteiger partial charge in [-0.3, -0.25) is 15.0 Å². The Morgan fingerprint density at radius 3 is 2.79 bits per heavy atom. The second-order valence-electron chi connectivity index (χ2n) is 4.54. The Balaban J connectivity index is 1.74. The van der Waals surface area contributed by atoms with Crippen LogP contribution in [0.4, 0.5) is 11.4 Å². The number of benzene rings is 1. The molecule has 0 aliphatic carbocycles. The van der Waals surface area contributed by atoms with E-state index in [0.29, 0.717) is 0 Å². The molecule has 1 fully saturated rings. The van der Waals surface area contributed by atoms with E-state index in [4.69, 9.17) is 4.74 Å². The minimum Gasteiger partial charge on any atom is -0.384 e. The molecule has 0 amide bonds. The van der Waals surface area contributed by atoms with Gasteiger partial charge in [0.2, 0.25) is 0 Å². The van der Waals surface area contributed by atoms with Crippen LogP contribution in [-0.2, 0) is 4.74 Å². The molecule has 1 aliphatic heterocycles. The first-order valence-electron chi connectivity index (χ1n) is 6.54. The van der Waals surface area contributed by atoms with Gasteiger partial charge in [0.25, 0.3) is 5.69 Å². The predicted molar refractivity (Wildman–Crippen MR) is 73.5 cm³/mol. The zero-order valence-electron chi connectivity index (χ0n) is 10.9. The molecule has 104 valence electrons. The number of nitrogens with zero attached hydrogens (tertiary/aromatic N) is 2. The SMILES string of the molecule is O=[N+]([O-])c1ccc(NCCN2CCCOCC2)cc1. The first-order chi connectivity index (χ1) is 9.25. The molecule has 0 spiro atoms. The van der Waals surface area contributed by atoms with E-state index in [-0.39, 0.29) is 10.6 Å². The normalized spacial score (nSPS) is 16.8. The number of ether oxygens (including phenoxy) is 1. The molecular weight excluding hydrogens is 246 g/mol. The van der Waals surface area contributed by atoms with Gasteiger partial charge in [-0.25, -0.2) is 0 Å². The second-order valence-corrected chi connectivity index (χ2v) is 4.54. The van der Waals surface area contributed by atoms with Crippen molar-refractivity contribution in [3.63, 3.8) is 0 Å². The fourth-order valence-corrected chi connectivity index (χ4v) is 2.08. The molecule has 6 nitrogen and oxygen atoms in total. The molecule has 0 atom stereocenters. The number of nitro groups is 1. The highest BCUT2D eigenvalue weighted by molar-refractivity contribution is 5.48. The van der Waals surface area contributed by atoms with Crippen molar-refractivity contribution in [2.45, 2.75) is 6.42 Å². The fourth-order valence-electron chi connectivity index (χ4n) is 2.08. The average Bonchev–Trinajstić information content (AvgIpc) is 2.68. The van der Waals surface area contributed by atoms with E-state index in [1.807, 2.05) is 0 Å². The van der Waals surface area contributed by atoms with Gasteiger partial charge in [-0.2, -0.15) is 0 Å². The van der Waals surface area contributed by atoms with Gasteiger partial charge in [0, 0.05) is 50.6 Å². The van der Waals surface area contributed by atoms with Gasteiger partial charge < -0.3 is 10.1 Å². The Morgan fingerprint density at radius 2 is 2.05 bits per heavy atom. The smallest absolute Gasteiger partial charge is 0.269 e. The third-order valence-corrected chi connectivity index (χ3v) is 3.15. The lowest BCUT2D eigenvalue weighted by molar-refractivity contribution is -0.384. The maximum atomic E-state index is 10.5. The van der Waals surface area contributed by atoms with Gasteiger partial charge in [-0.15, -0.1) is 0 Å². The molecule has 19 heavy (non-hydrogen) atoms. The van der Waals surface area contributed by atoms with E-state index in [2.05, 4.69) is 10.2 Å². The first-order valence-corrected chi connectivity index (χ1v) is 6.54. The summed E-state index contributed by atoms with van der Waals surface area (Å²) >= 11 is 0. The molecule has 1 aliphatic rings. The van der Waals surface area contributed by atoms with Gasteiger partial charge in [0.05, 0.1) is 11.5 Å². The zero-order valence-corrected chi connectivity index (χ0v) is 10.9. The van der Waals surface area contributed by atoms with Gasteiger partial charge >= 0.3 is 0 Å². The summed E-state index contributed by atoms with van der Waals surface area (Å²) in [4.78, 5) is 12.5. The minimum absolute atomic E-state index is 0.121. The summed E-state index contributed by atoms with van der Waals surface area (Å²) in [6, 6.07) is 6.51. The van der Waals surface area contributed by atoms with Crippen LogP contribution in [0.2, 0.25) is 0 Å². The number of anilines is 1. The van der Waals surface area contributed by atoms with Crippen molar-refractivity contribution in [3.05, 3.63) is 34.4 Å². The largest absolute Gasteiger partial charge is 0.384 e. The van der Waals surface area contributed by atoms with Crippen LogP contribution < -0.4 is 5.32 Å². The van der Waals surface area contributed by atoms with E-state index < -0.39 is 0 Å². The quantitative estimate of drug-likeness (QED) is 0.648. The third kappa shape index (κ3) is 4.50. The lowest BCUT2D eigenvalue weighted by atomic mass is 10.3. The topological polar surface area (TPSA) is 67.6 Å². The summed E-state index contributed by atoms with van der Waals surface area (Å²) in [5, 5.41) is 13.8. The standard InChI is InChI=1S/C13H19N3O3/c17-16(18)13-4-2-12(3-5-13)14-6-8-15-7-1-10-19-11-9-15/h2-5,14H,1,6-11H2. The van der Waals surface area contributed by atoms with Crippen molar-refractivity contribution in [2.24, 2.45) is 0 Å². The van der Waals surface area contributed by atoms with Gasteiger partial charge in [0.15, 0.2) is 0 Å². The van der Waals surface area contributed by atoms with Crippen molar-refractivity contribution in [1.82, 2.24) is 4.90 Å². The Kier molecular flexibility index (Phi) is 5.11. The number of nitrogens with one attached hydrogen (secondary N) is 1. The van der Waals surface area contributed by atoms with Crippen LogP contribution in [0.15, 0.2) is 24.3 Å². The highest BCUT2D eigenvalue weighted by Gasteiger charge is 2.08. The molecule has 6 heteroatoms. The van der Waals surface area contributed by atoms with Crippen molar-refractivity contribution in [1.29, 1.82) is 0 Å². The summed E-state index contributed by atoms with van der Waals surface area (Å²) < 4.78 is 5.40. The van der Waals surface area contributed by atoms with Crippen LogP contribution in [0.5, 0.6) is 0 Å². The van der Waals surface area contributed by atoms with E-state index in [1.165, 1.54) is 12.1 Å². The molecule has 1 aromatic carbocycles. The van der Waals surface area contributed by atoms with Crippen LogP contribution in [0, 0.1) is 10.1 Å². The van der Waals surface area contributed by atoms with Crippen LogP contribution in [0.25, 0.3) is 0 Å². The Hall–Kier alpha value is -1.66. The maximum absolute atomic E-state index is 10.5. The molecule has 1 saturated heterocycles. The van der Waals surface area contributed by atoms with Crippen molar-refractivity contribution >= 4 is 11.4 Å². The zero-order chi connectivity index (χ0) is 13.5. The van der Waals surface area contributed by atoms with Gasteiger partial charge in [0.1, 0.15) is 0 Å². The molecular formula is C13H19N3O3. The molecule has 0 radical (unpaired) electrons. The molecule has 0 aromatic heterocycles. The third-order valence-electron chi connectivity index (χ3n) is 3.15. The monoisotopic (exact) mass is 265 g/mol. The van der Waals surface area contributed by atoms with Crippen molar-refractivity contribution < 1.29 is 9.66 Å². The second kappa shape index (κ2) is 7.06. The van der Waals surface area contributed by atoms with Crippen LogP contribution in [0.1, 0.15) is 6.42 Å². The Bertz CT molecular complexity index is 400. The predicted octanol–water partition coefficient (Wildman–Crippen LogP) is 1.73. The minimum atomic E-state index is -0.388. The summed E-state index contributed by atoms with van der Waals surface area (Å²) in [6.45, 7) is 5.49. The molecule has 0 saturated carbocycles. The number of nitro benzene ring substituents is 1. The summed E-state index contributed by atoms with van der Waals surface area (Å²) in [5.74, 6) is 0. The van der Waals surface area contributed by atoms with E-state index in [0.717, 1.165) is 51.5 Å². The van der Waals surface area contributed by atoms with E-state index in [9.17, 15) is 10.1 Å². The number of hydrogen-bond donors (Lipinski definition) is 1. The van der Waals surface area contributed by atoms with Gasteiger partial charge in [-0.1, -0.05) is 0 Å². The molecule has 2 rings (SSSR count). The molecule has 1 heterocycles. The molecule has 1 aromatic rings. The summed E-state index contributed by atoms with van der Waals surface area (Å²) in [5.41, 5.74) is 1.03. The summed E-state index contributed by atoms with van der Waals surface area (Å²) in [7, 11) is 0. The van der Waals surface area contributed by atoms with Crippen molar-refractivity contribution in [3.8, 4) is 0 Å². The van der Waals surface area contributed by atoms with E-state index in [1.54, 1.807) is 12.1 Å². The van der Waals surface area contributed by atoms with E-state index >= 15 is 0 Å². The molecule has 0 unspecified atom stereocenters. The number of hydrogen-bond acceptors (Lipinski definition) is 5. The van der Waals surface area contributed by atoms with Crippen molar-refractivity contribution in [2.75, 3.05) is 44.7 Å². The molecule has 0 bridgehead atoms. The summed E-state index contributed by atoms with van der Waals surface area (Å²) in [6.07, 6.45) is 1.08. The van der Waals surface area contributed by atoms with Crippen LogP contribution in [-0.4, -0.2) is 49.2 Å².